The molecule has 19 heavy (non-hydrogen) atoms. The lowest BCUT2D eigenvalue weighted by Gasteiger charge is -2.30. The Morgan fingerprint density at radius 2 is 2.11 bits per heavy atom. The van der Waals surface area contributed by atoms with Crippen molar-refractivity contribution in [1.29, 1.82) is 0 Å². The van der Waals surface area contributed by atoms with Gasteiger partial charge in [-0.05, 0) is 45.2 Å². The minimum absolute atomic E-state index is 0.168. The van der Waals surface area contributed by atoms with Gasteiger partial charge >= 0.3 is 0 Å². The minimum atomic E-state index is 0.168. The van der Waals surface area contributed by atoms with E-state index >= 15 is 0 Å². The van der Waals surface area contributed by atoms with Gasteiger partial charge in [-0.25, -0.2) is 4.98 Å². The summed E-state index contributed by atoms with van der Waals surface area (Å²) in [6, 6.07) is 2.68. The Labute approximate surface area is 117 Å². The summed E-state index contributed by atoms with van der Waals surface area (Å²) in [4.78, 5) is 6.89. The lowest BCUT2D eigenvalue weighted by atomic mass is 10.1. The van der Waals surface area contributed by atoms with E-state index in [1.807, 2.05) is 13.1 Å². The van der Waals surface area contributed by atoms with E-state index < -0.39 is 0 Å². The first-order chi connectivity index (χ1) is 8.99. The molecule has 4 heteroatoms. The molecule has 0 spiro atoms. The molecule has 0 amide bonds. The first kappa shape index (κ1) is 15.9. The van der Waals surface area contributed by atoms with Crippen LogP contribution in [0.3, 0.4) is 0 Å². The number of anilines is 1. The van der Waals surface area contributed by atoms with Gasteiger partial charge in [-0.15, -0.1) is 0 Å². The molecule has 0 aromatic carbocycles. The van der Waals surface area contributed by atoms with Crippen molar-refractivity contribution in [2.45, 2.75) is 46.2 Å². The van der Waals surface area contributed by atoms with Crippen molar-refractivity contribution in [3.05, 3.63) is 23.4 Å². The van der Waals surface area contributed by atoms with E-state index in [1.54, 1.807) is 7.11 Å². The smallest absolute Gasteiger partial charge is 0.131 e. The van der Waals surface area contributed by atoms with Crippen molar-refractivity contribution >= 4 is 5.82 Å². The predicted octanol–water partition coefficient (Wildman–Crippen LogP) is 2.14. The molecule has 0 fully saturated rings. The monoisotopic (exact) mass is 265 g/mol. The second kappa shape index (κ2) is 7.46. The number of aromatic nitrogens is 1. The molecule has 0 aliphatic carbocycles. The average molecular weight is 265 g/mol. The summed E-state index contributed by atoms with van der Waals surface area (Å²) in [6.45, 7) is 10.0. The summed E-state index contributed by atoms with van der Waals surface area (Å²) in [6.07, 6.45) is 2.81. The summed E-state index contributed by atoms with van der Waals surface area (Å²) in [5.41, 5.74) is 8.23. The lowest BCUT2D eigenvalue weighted by Crippen LogP contribution is -2.37. The Kier molecular flexibility index (Phi) is 6.25. The summed E-state index contributed by atoms with van der Waals surface area (Å²) in [5.74, 6) is 1.04. The van der Waals surface area contributed by atoms with Gasteiger partial charge in [0.2, 0.25) is 0 Å². The van der Waals surface area contributed by atoms with Crippen molar-refractivity contribution in [2.75, 3.05) is 25.2 Å². The van der Waals surface area contributed by atoms with E-state index in [9.17, 15) is 0 Å². The molecule has 2 unspecified atom stereocenters. The number of likely N-dealkylation sites (N-methyl/N-ethyl adjacent to an activating group) is 1. The summed E-state index contributed by atoms with van der Waals surface area (Å²) in [7, 11) is 1.73. The zero-order chi connectivity index (χ0) is 14.4. The number of nitrogens with two attached hydrogens (primary N) is 1. The van der Waals surface area contributed by atoms with Crippen LogP contribution in [0.1, 0.15) is 31.9 Å². The standard InChI is InChI=1S/C15H27N3O/c1-6-18(13(4)10-19-5)15-11(2)7-14(9-17-15)8-12(3)16/h7,9,12-13H,6,8,10,16H2,1-5H3. The molecular weight excluding hydrogens is 238 g/mol. The molecule has 4 nitrogen and oxygen atoms in total. The molecule has 0 saturated carbocycles. The number of ether oxygens (including phenoxy) is 1. The van der Waals surface area contributed by atoms with E-state index in [4.69, 9.17) is 10.5 Å². The highest BCUT2D eigenvalue weighted by atomic mass is 16.5. The summed E-state index contributed by atoms with van der Waals surface area (Å²) < 4.78 is 5.24. The Morgan fingerprint density at radius 1 is 1.42 bits per heavy atom. The molecule has 0 aliphatic heterocycles. The third-order valence-corrected chi connectivity index (χ3v) is 3.22. The number of pyridine rings is 1. The fourth-order valence-corrected chi connectivity index (χ4v) is 2.41. The molecule has 0 radical (unpaired) electrons. The Hall–Kier alpha value is -1.13. The van der Waals surface area contributed by atoms with Crippen LogP contribution < -0.4 is 10.6 Å². The zero-order valence-electron chi connectivity index (χ0n) is 12.8. The highest BCUT2D eigenvalue weighted by Crippen LogP contribution is 2.20. The van der Waals surface area contributed by atoms with E-state index in [0.717, 1.165) is 18.8 Å². The maximum atomic E-state index is 5.83. The van der Waals surface area contributed by atoms with Gasteiger partial charge in [0.05, 0.1) is 12.6 Å². The Morgan fingerprint density at radius 3 is 2.58 bits per heavy atom. The number of hydrogen-bond acceptors (Lipinski definition) is 4. The SMILES string of the molecule is CCN(c1ncc(CC(C)N)cc1C)C(C)COC. The van der Waals surface area contributed by atoms with Crippen LogP contribution in [0.2, 0.25) is 0 Å². The molecule has 1 heterocycles. The van der Waals surface area contributed by atoms with Gasteiger partial charge in [0.1, 0.15) is 5.82 Å². The Bertz CT molecular complexity index is 393. The molecule has 1 aromatic rings. The lowest BCUT2D eigenvalue weighted by molar-refractivity contribution is 0.181. The Balaban J connectivity index is 2.93. The van der Waals surface area contributed by atoms with Gasteiger partial charge in [0.25, 0.3) is 0 Å². The second-order valence-electron chi connectivity index (χ2n) is 5.26. The van der Waals surface area contributed by atoms with Crippen LogP contribution in [0.5, 0.6) is 0 Å². The van der Waals surface area contributed by atoms with E-state index in [1.165, 1.54) is 11.1 Å². The largest absolute Gasteiger partial charge is 0.383 e. The molecule has 1 aromatic heterocycles. The van der Waals surface area contributed by atoms with E-state index in [0.29, 0.717) is 12.6 Å². The van der Waals surface area contributed by atoms with Crippen LogP contribution in [-0.2, 0) is 11.2 Å². The quantitative estimate of drug-likeness (QED) is 0.820. The third kappa shape index (κ3) is 4.48. The van der Waals surface area contributed by atoms with Crippen molar-refractivity contribution < 1.29 is 4.74 Å². The van der Waals surface area contributed by atoms with Gasteiger partial charge in [-0.3, -0.25) is 0 Å². The molecular formula is C15H27N3O. The normalized spacial score (nSPS) is 14.2. The van der Waals surface area contributed by atoms with Crippen LogP contribution in [0, 0.1) is 6.92 Å². The van der Waals surface area contributed by atoms with Crippen LogP contribution in [0.15, 0.2) is 12.3 Å². The number of rotatable bonds is 7. The molecule has 0 saturated heterocycles. The van der Waals surface area contributed by atoms with Crippen LogP contribution in [-0.4, -0.2) is 37.3 Å². The molecule has 0 bridgehead atoms. The first-order valence-electron chi connectivity index (χ1n) is 6.96. The number of methoxy groups -OCH3 is 1. The number of nitrogens with zero attached hydrogens (tertiary/aromatic N) is 2. The third-order valence-electron chi connectivity index (χ3n) is 3.22. The van der Waals surface area contributed by atoms with Gasteiger partial charge in [-0.1, -0.05) is 6.07 Å². The topological polar surface area (TPSA) is 51.4 Å². The predicted molar refractivity (Wildman–Crippen MR) is 80.7 cm³/mol. The summed E-state index contributed by atoms with van der Waals surface area (Å²) >= 11 is 0. The van der Waals surface area contributed by atoms with Gasteiger partial charge in [-0.2, -0.15) is 0 Å². The first-order valence-corrected chi connectivity index (χ1v) is 6.96. The average Bonchev–Trinajstić information content (AvgIpc) is 2.32. The fourth-order valence-electron chi connectivity index (χ4n) is 2.41. The van der Waals surface area contributed by atoms with Crippen molar-refractivity contribution in [2.24, 2.45) is 5.73 Å². The van der Waals surface area contributed by atoms with E-state index in [-0.39, 0.29) is 6.04 Å². The van der Waals surface area contributed by atoms with Crippen molar-refractivity contribution in [1.82, 2.24) is 4.98 Å². The molecule has 2 N–H and O–H groups in total. The minimum Gasteiger partial charge on any atom is -0.383 e. The summed E-state index contributed by atoms with van der Waals surface area (Å²) in [5, 5.41) is 0. The van der Waals surface area contributed by atoms with Gasteiger partial charge in [0.15, 0.2) is 0 Å². The van der Waals surface area contributed by atoms with Crippen LogP contribution >= 0.6 is 0 Å². The maximum Gasteiger partial charge on any atom is 0.131 e. The van der Waals surface area contributed by atoms with Crippen molar-refractivity contribution in [3.63, 3.8) is 0 Å². The maximum absolute atomic E-state index is 5.83. The van der Waals surface area contributed by atoms with Gasteiger partial charge < -0.3 is 15.4 Å². The van der Waals surface area contributed by atoms with Crippen LogP contribution in [0.4, 0.5) is 5.82 Å². The van der Waals surface area contributed by atoms with E-state index in [2.05, 4.69) is 36.7 Å². The highest BCUT2D eigenvalue weighted by Gasteiger charge is 2.16. The zero-order valence-corrected chi connectivity index (χ0v) is 12.8. The molecule has 1 rings (SSSR count). The van der Waals surface area contributed by atoms with Gasteiger partial charge in [0, 0.05) is 25.9 Å². The highest BCUT2D eigenvalue weighted by molar-refractivity contribution is 5.48. The number of hydrogen-bond donors (Lipinski definition) is 1. The molecule has 0 aliphatic rings. The number of aryl methyl sites for hydroxylation is 1. The van der Waals surface area contributed by atoms with Crippen LogP contribution in [0.25, 0.3) is 0 Å². The second-order valence-corrected chi connectivity index (χ2v) is 5.26. The molecule has 108 valence electrons. The molecule has 2 atom stereocenters. The van der Waals surface area contributed by atoms with Crippen molar-refractivity contribution in [3.8, 4) is 0 Å². The fraction of sp³-hybridized carbons (Fsp3) is 0.667.